The molecule has 0 saturated carbocycles. The molecular formula is C16H26O. The molecule has 0 amide bonds. The number of rotatable bonds is 7. The second-order valence-corrected chi connectivity index (χ2v) is 5.42. The van der Waals surface area contributed by atoms with Gasteiger partial charge in [-0.1, -0.05) is 51.8 Å². The van der Waals surface area contributed by atoms with E-state index in [1.54, 1.807) is 6.07 Å². The van der Waals surface area contributed by atoms with Crippen molar-refractivity contribution >= 4 is 0 Å². The van der Waals surface area contributed by atoms with Gasteiger partial charge in [-0.05, 0) is 42.7 Å². The lowest BCUT2D eigenvalue weighted by molar-refractivity contribution is 0.367. The van der Waals surface area contributed by atoms with Crippen LogP contribution in [0.4, 0.5) is 0 Å². The second-order valence-electron chi connectivity index (χ2n) is 5.42. The topological polar surface area (TPSA) is 20.2 Å². The van der Waals surface area contributed by atoms with E-state index >= 15 is 0 Å². The summed E-state index contributed by atoms with van der Waals surface area (Å²) in [6, 6.07) is 7.69. The predicted octanol–water partition coefficient (Wildman–Crippen LogP) is 4.79. The summed E-state index contributed by atoms with van der Waals surface area (Å²) in [5, 5.41) is 9.68. The fraction of sp³-hybridized carbons (Fsp3) is 0.625. The van der Waals surface area contributed by atoms with E-state index in [0.29, 0.717) is 5.75 Å². The largest absolute Gasteiger partial charge is 0.508 e. The van der Waals surface area contributed by atoms with Gasteiger partial charge in [-0.2, -0.15) is 0 Å². The summed E-state index contributed by atoms with van der Waals surface area (Å²) >= 11 is 0. The van der Waals surface area contributed by atoms with Crippen LogP contribution in [0.15, 0.2) is 24.3 Å². The van der Waals surface area contributed by atoms with Crippen LogP contribution in [-0.2, 0) is 6.42 Å². The molecule has 0 aliphatic heterocycles. The van der Waals surface area contributed by atoms with Crippen LogP contribution < -0.4 is 0 Å². The number of benzene rings is 1. The average Bonchev–Trinajstić information content (AvgIpc) is 2.29. The van der Waals surface area contributed by atoms with E-state index in [1.807, 2.05) is 18.2 Å². The van der Waals surface area contributed by atoms with Crippen molar-refractivity contribution in [2.75, 3.05) is 0 Å². The van der Waals surface area contributed by atoms with Crippen LogP contribution in [0, 0.1) is 11.8 Å². The summed E-state index contributed by atoms with van der Waals surface area (Å²) in [6.45, 7) is 6.88. The summed E-state index contributed by atoms with van der Waals surface area (Å²) in [5.41, 5.74) is 1.09. The highest BCUT2D eigenvalue weighted by Crippen LogP contribution is 2.23. The van der Waals surface area contributed by atoms with Crippen LogP contribution in [-0.4, -0.2) is 5.11 Å². The molecule has 1 atom stereocenters. The van der Waals surface area contributed by atoms with Crippen LogP contribution in [0.25, 0.3) is 0 Å². The molecule has 17 heavy (non-hydrogen) atoms. The summed E-state index contributed by atoms with van der Waals surface area (Å²) in [6.07, 6.45) is 6.07. The highest BCUT2D eigenvalue weighted by atomic mass is 16.3. The van der Waals surface area contributed by atoms with Gasteiger partial charge in [-0.25, -0.2) is 0 Å². The molecule has 1 N–H and O–H groups in total. The maximum atomic E-state index is 9.68. The minimum atomic E-state index is 0.449. The zero-order chi connectivity index (χ0) is 12.7. The van der Waals surface area contributed by atoms with E-state index < -0.39 is 0 Å². The van der Waals surface area contributed by atoms with Gasteiger partial charge < -0.3 is 5.11 Å². The van der Waals surface area contributed by atoms with Gasteiger partial charge >= 0.3 is 0 Å². The van der Waals surface area contributed by atoms with Crippen molar-refractivity contribution < 1.29 is 5.11 Å². The van der Waals surface area contributed by atoms with Gasteiger partial charge in [-0.3, -0.25) is 0 Å². The number of para-hydroxylation sites is 1. The zero-order valence-electron chi connectivity index (χ0n) is 11.4. The van der Waals surface area contributed by atoms with Crippen molar-refractivity contribution in [2.24, 2.45) is 11.8 Å². The Labute approximate surface area is 106 Å². The van der Waals surface area contributed by atoms with Crippen molar-refractivity contribution in [3.05, 3.63) is 29.8 Å². The standard InChI is InChI=1S/C16H26O/c1-4-14(12-13(2)3)8-7-10-15-9-5-6-11-16(15)17/h5-6,9,11,13-14,17H,4,7-8,10,12H2,1-3H3. The first-order valence-corrected chi connectivity index (χ1v) is 6.90. The van der Waals surface area contributed by atoms with Gasteiger partial charge in [0.15, 0.2) is 0 Å². The predicted molar refractivity (Wildman–Crippen MR) is 74.3 cm³/mol. The molecule has 0 spiro atoms. The third-order valence-corrected chi connectivity index (χ3v) is 3.43. The summed E-state index contributed by atoms with van der Waals surface area (Å²) in [7, 11) is 0. The number of hydrogen-bond acceptors (Lipinski definition) is 1. The highest BCUT2D eigenvalue weighted by molar-refractivity contribution is 5.31. The van der Waals surface area contributed by atoms with E-state index in [4.69, 9.17) is 0 Å². The smallest absolute Gasteiger partial charge is 0.118 e. The zero-order valence-corrected chi connectivity index (χ0v) is 11.4. The summed E-state index contributed by atoms with van der Waals surface area (Å²) in [5.74, 6) is 2.09. The number of aryl methyl sites for hydroxylation is 1. The molecule has 0 radical (unpaired) electrons. The number of hydrogen-bond donors (Lipinski definition) is 1. The SMILES string of the molecule is CCC(CCCc1ccccc1O)CC(C)C. The molecule has 0 saturated heterocycles. The number of phenols is 1. The van der Waals surface area contributed by atoms with E-state index in [0.717, 1.165) is 23.8 Å². The molecule has 1 unspecified atom stereocenters. The van der Waals surface area contributed by atoms with E-state index in [1.165, 1.54) is 25.7 Å². The molecule has 1 rings (SSSR count). The lowest BCUT2D eigenvalue weighted by Gasteiger charge is -2.17. The molecular weight excluding hydrogens is 208 g/mol. The van der Waals surface area contributed by atoms with Gasteiger partial charge in [0, 0.05) is 0 Å². The normalized spacial score (nSPS) is 12.9. The molecule has 0 aromatic heterocycles. The number of aromatic hydroxyl groups is 1. The van der Waals surface area contributed by atoms with Crippen molar-refractivity contribution in [3.63, 3.8) is 0 Å². The third-order valence-electron chi connectivity index (χ3n) is 3.43. The average molecular weight is 234 g/mol. The molecule has 0 bridgehead atoms. The monoisotopic (exact) mass is 234 g/mol. The van der Waals surface area contributed by atoms with Crippen LogP contribution >= 0.6 is 0 Å². The Kier molecular flexibility index (Phi) is 6.10. The van der Waals surface area contributed by atoms with Gasteiger partial charge in [-0.15, -0.1) is 0 Å². The van der Waals surface area contributed by atoms with Crippen LogP contribution in [0.2, 0.25) is 0 Å². The first-order chi connectivity index (χ1) is 8.13. The Morgan fingerprint density at radius 1 is 1.18 bits per heavy atom. The van der Waals surface area contributed by atoms with Gasteiger partial charge in [0.2, 0.25) is 0 Å². The minimum absolute atomic E-state index is 0.449. The van der Waals surface area contributed by atoms with E-state index in [2.05, 4.69) is 20.8 Å². The molecule has 1 aromatic rings. The lowest BCUT2D eigenvalue weighted by atomic mass is 9.89. The van der Waals surface area contributed by atoms with Gasteiger partial charge in [0.1, 0.15) is 5.75 Å². The van der Waals surface area contributed by atoms with E-state index in [-0.39, 0.29) is 0 Å². The van der Waals surface area contributed by atoms with Crippen LogP contribution in [0.3, 0.4) is 0 Å². The van der Waals surface area contributed by atoms with Crippen molar-refractivity contribution in [3.8, 4) is 5.75 Å². The molecule has 0 aliphatic carbocycles. The number of phenolic OH excluding ortho intramolecular Hbond substituents is 1. The first kappa shape index (κ1) is 14.1. The lowest BCUT2D eigenvalue weighted by Crippen LogP contribution is -2.04. The maximum Gasteiger partial charge on any atom is 0.118 e. The van der Waals surface area contributed by atoms with Crippen LogP contribution in [0.5, 0.6) is 5.75 Å². The Balaban J connectivity index is 2.34. The quantitative estimate of drug-likeness (QED) is 0.719. The van der Waals surface area contributed by atoms with Gasteiger partial charge in [0.05, 0.1) is 0 Å². The molecule has 0 fully saturated rings. The first-order valence-electron chi connectivity index (χ1n) is 6.90. The van der Waals surface area contributed by atoms with E-state index in [9.17, 15) is 5.11 Å². The Bertz CT molecular complexity index is 317. The minimum Gasteiger partial charge on any atom is -0.508 e. The van der Waals surface area contributed by atoms with Gasteiger partial charge in [0.25, 0.3) is 0 Å². The second kappa shape index (κ2) is 7.37. The molecule has 0 aliphatic rings. The molecule has 1 heteroatoms. The Morgan fingerprint density at radius 3 is 2.47 bits per heavy atom. The van der Waals surface area contributed by atoms with Crippen molar-refractivity contribution in [1.29, 1.82) is 0 Å². The van der Waals surface area contributed by atoms with Crippen molar-refractivity contribution in [2.45, 2.75) is 52.9 Å². The highest BCUT2D eigenvalue weighted by Gasteiger charge is 2.09. The summed E-state index contributed by atoms with van der Waals surface area (Å²) in [4.78, 5) is 0. The Hall–Kier alpha value is -0.980. The molecule has 96 valence electrons. The molecule has 1 nitrogen and oxygen atoms in total. The Morgan fingerprint density at radius 2 is 1.88 bits per heavy atom. The maximum absolute atomic E-state index is 9.68. The fourth-order valence-corrected chi connectivity index (χ4v) is 2.46. The molecule has 0 heterocycles. The summed E-state index contributed by atoms with van der Waals surface area (Å²) < 4.78 is 0. The fourth-order valence-electron chi connectivity index (χ4n) is 2.46. The molecule has 1 aromatic carbocycles. The van der Waals surface area contributed by atoms with Crippen LogP contribution in [0.1, 0.15) is 52.0 Å². The van der Waals surface area contributed by atoms with Crippen molar-refractivity contribution in [1.82, 2.24) is 0 Å². The third kappa shape index (κ3) is 5.25.